The van der Waals surface area contributed by atoms with Crippen molar-refractivity contribution in [1.82, 2.24) is 35.6 Å². The zero-order valence-corrected chi connectivity index (χ0v) is 32.2. The molecule has 3 aliphatic heterocycles. The second-order valence-electron chi connectivity index (χ2n) is 14.0. The lowest BCUT2D eigenvalue weighted by atomic mass is 9.99. The molecule has 2 aromatic carbocycles. The number of rotatable bonds is 12. The first-order valence-electron chi connectivity index (χ1n) is 18.3. The number of carbonyl (C=O) groups is 5. The number of unbranched alkanes of at least 4 members (excludes halogenated alkanes) is 3. The normalized spacial score (nSPS) is 18.9. The van der Waals surface area contributed by atoms with Gasteiger partial charge in [-0.05, 0) is 69.9 Å². The zero-order chi connectivity index (χ0) is 39.0. The van der Waals surface area contributed by atoms with E-state index in [0.717, 1.165) is 57.4 Å². The quantitative estimate of drug-likeness (QED) is 0.119. The molecule has 0 spiro atoms. The van der Waals surface area contributed by atoms with Crippen LogP contribution < -0.4 is 16.0 Å². The highest BCUT2D eigenvalue weighted by molar-refractivity contribution is 7.15. The Kier molecular flexibility index (Phi) is 11.0. The summed E-state index contributed by atoms with van der Waals surface area (Å²) < 4.78 is 2.02. The molecule has 5 heterocycles. The molecule has 4 aromatic rings. The summed E-state index contributed by atoms with van der Waals surface area (Å²) in [6, 6.07) is 10.5. The first kappa shape index (κ1) is 38.0. The summed E-state index contributed by atoms with van der Waals surface area (Å²) in [7, 11) is 0. The number of benzene rings is 2. The minimum atomic E-state index is -1.35. The molecule has 16 heteroatoms. The van der Waals surface area contributed by atoms with Crippen molar-refractivity contribution in [3.63, 3.8) is 0 Å². The van der Waals surface area contributed by atoms with E-state index in [-0.39, 0.29) is 42.2 Å². The van der Waals surface area contributed by atoms with Crippen molar-refractivity contribution in [3.05, 3.63) is 97.4 Å². The number of aliphatic hydroxyl groups is 1. The molecule has 0 radical (unpaired) electrons. The van der Waals surface area contributed by atoms with Gasteiger partial charge in [0.25, 0.3) is 11.8 Å². The Labute approximate surface area is 326 Å². The Morgan fingerprint density at radius 3 is 2.44 bits per heavy atom. The lowest BCUT2D eigenvalue weighted by Crippen LogP contribution is -2.53. The highest BCUT2D eigenvalue weighted by atomic mass is 35.5. The van der Waals surface area contributed by atoms with Crippen LogP contribution >= 0.6 is 22.9 Å². The number of aliphatic hydroxyl groups excluding tert-OH is 1. The minimum Gasteiger partial charge on any atom is -0.369 e. The van der Waals surface area contributed by atoms with Gasteiger partial charge in [0.15, 0.2) is 12.1 Å². The number of aromatic nitrogens is 3. The predicted molar refractivity (Wildman–Crippen MR) is 205 cm³/mol. The van der Waals surface area contributed by atoms with Gasteiger partial charge in [0.1, 0.15) is 22.9 Å². The summed E-state index contributed by atoms with van der Waals surface area (Å²) in [6.07, 6.45) is 2.08. The number of hydrogen-bond acceptors (Lipinski definition) is 10. The van der Waals surface area contributed by atoms with Crippen LogP contribution in [0.5, 0.6) is 0 Å². The number of nitrogens with zero attached hydrogens (tertiary/aromatic N) is 5. The first-order valence-corrected chi connectivity index (χ1v) is 19.5. The summed E-state index contributed by atoms with van der Waals surface area (Å²) in [5.41, 5.74) is 4.56. The van der Waals surface area contributed by atoms with E-state index >= 15 is 0 Å². The number of fused-ring (bicyclic) bond motifs is 4. The van der Waals surface area contributed by atoms with Gasteiger partial charge in [0.05, 0.1) is 12.1 Å². The molecule has 1 saturated heterocycles. The second kappa shape index (κ2) is 15.8. The summed E-state index contributed by atoms with van der Waals surface area (Å²) in [5, 5.41) is 29.4. The maximum absolute atomic E-state index is 13.3. The largest absolute Gasteiger partial charge is 0.369 e. The van der Waals surface area contributed by atoms with Crippen molar-refractivity contribution in [3.8, 4) is 5.00 Å². The van der Waals surface area contributed by atoms with Crippen molar-refractivity contribution >= 4 is 58.2 Å². The number of nitrogens with one attached hydrogen (secondary N) is 3. The summed E-state index contributed by atoms with van der Waals surface area (Å²) >= 11 is 7.87. The number of amides is 5. The van der Waals surface area contributed by atoms with Gasteiger partial charge in [-0.25, -0.2) is 0 Å². The summed E-state index contributed by atoms with van der Waals surface area (Å²) in [4.78, 5) is 70.6. The van der Waals surface area contributed by atoms with Gasteiger partial charge in [-0.15, -0.1) is 21.5 Å². The second-order valence-corrected chi connectivity index (χ2v) is 15.6. The van der Waals surface area contributed by atoms with E-state index in [4.69, 9.17) is 16.6 Å². The van der Waals surface area contributed by atoms with Crippen LogP contribution in [0, 0.1) is 20.8 Å². The molecule has 2 unspecified atom stereocenters. The Morgan fingerprint density at radius 1 is 0.982 bits per heavy atom. The molecule has 14 nitrogen and oxygen atoms in total. The number of thiophene rings is 1. The number of halogens is 1. The van der Waals surface area contributed by atoms with Gasteiger partial charge in [-0.2, -0.15) is 0 Å². The van der Waals surface area contributed by atoms with Crippen LogP contribution in [0.4, 0.5) is 0 Å². The Bertz CT molecular complexity index is 2230. The van der Waals surface area contributed by atoms with Crippen molar-refractivity contribution in [2.45, 2.75) is 84.0 Å². The number of piperidine rings is 1. The van der Waals surface area contributed by atoms with Crippen LogP contribution in [0.25, 0.3) is 5.00 Å². The van der Waals surface area contributed by atoms with E-state index < -0.39 is 36.0 Å². The highest BCUT2D eigenvalue weighted by Crippen LogP contribution is 2.40. The van der Waals surface area contributed by atoms with Crippen molar-refractivity contribution < 1.29 is 29.1 Å². The van der Waals surface area contributed by atoms with Crippen LogP contribution in [0.2, 0.25) is 5.02 Å². The van der Waals surface area contributed by atoms with Crippen molar-refractivity contribution in [1.29, 1.82) is 0 Å². The smallest absolute Gasteiger partial charge is 0.257 e. The molecule has 0 bridgehead atoms. The third-order valence-electron chi connectivity index (χ3n) is 10.3. The van der Waals surface area contributed by atoms with Crippen molar-refractivity contribution in [2.75, 3.05) is 13.1 Å². The molecule has 5 amide bonds. The SMILES string of the molecule is Cc1sc2c(c1C)C(c1ccc(Cl)cc1)=N[C@@H](CC(=O)NCCCCCCNC(=O)c1ccc3c(c1)C(=O)N(C1CCC(=O)NC1=O)C3O)c1nnc(C)n1-2. The van der Waals surface area contributed by atoms with Crippen LogP contribution in [0.3, 0.4) is 0 Å². The topological polar surface area (TPSA) is 188 Å². The first-order chi connectivity index (χ1) is 26.4. The maximum atomic E-state index is 13.3. The van der Waals surface area contributed by atoms with Gasteiger partial charge in [0.2, 0.25) is 17.7 Å². The lowest BCUT2D eigenvalue weighted by Gasteiger charge is -2.31. The van der Waals surface area contributed by atoms with E-state index in [1.165, 1.54) is 23.1 Å². The fourth-order valence-electron chi connectivity index (χ4n) is 7.28. The Balaban J connectivity index is 0.884. The molecule has 2 aromatic heterocycles. The number of hydrogen-bond donors (Lipinski definition) is 4. The molecule has 7 rings (SSSR count). The average Bonchev–Trinajstić information content (AvgIpc) is 3.73. The monoisotopic (exact) mass is 784 g/mol. The standard InChI is InChI=1S/C39H41ClN8O6S/c1-20-21(2)55-39-32(20)33(23-8-11-25(40)12-9-23)43-28(34-46-45-22(3)47(34)39)19-31(50)41-16-6-4-5-7-17-42-35(51)24-10-13-26-27(18-24)38(54)48(37(26)53)29-14-15-30(49)44-36(29)52/h8-13,18,28-29,37,53H,4-7,14-17,19H2,1-3H3,(H,41,50)(H,42,51)(H,44,49,52)/t28-,29?,37?/m0/s1. The molecule has 0 saturated carbocycles. The fourth-order valence-corrected chi connectivity index (χ4v) is 8.62. The number of aryl methyl sites for hydroxylation is 2. The average molecular weight is 785 g/mol. The van der Waals surface area contributed by atoms with Gasteiger partial charge < -0.3 is 15.7 Å². The molecule has 286 valence electrons. The van der Waals surface area contributed by atoms with Crippen LogP contribution in [0.1, 0.15) is 117 Å². The molecule has 1 fully saturated rings. The minimum absolute atomic E-state index is 0.0662. The van der Waals surface area contributed by atoms with Crippen LogP contribution in [-0.4, -0.2) is 79.1 Å². The third-order valence-corrected chi connectivity index (χ3v) is 11.8. The molecule has 3 atom stereocenters. The van der Waals surface area contributed by atoms with E-state index in [1.807, 2.05) is 35.8 Å². The number of aliphatic imine (C=N–C) groups is 1. The predicted octanol–water partition coefficient (Wildman–Crippen LogP) is 4.55. The number of imide groups is 1. The molecule has 4 N–H and O–H groups in total. The third kappa shape index (κ3) is 7.56. The molecular weight excluding hydrogens is 744 g/mol. The number of carbonyl (C=O) groups excluding carboxylic acids is 5. The zero-order valence-electron chi connectivity index (χ0n) is 30.6. The Hall–Kier alpha value is -5.25. The highest BCUT2D eigenvalue weighted by Gasteiger charge is 2.44. The van der Waals surface area contributed by atoms with Gasteiger partial charge >= 0.3 is 0 Å². The molecular formula is C39H41ClN8O6S. The van der Waals surface area contributed by atoms with Gasteiger partial charge in [-0.1, -0.05) is 42.6 Å². The van der Waals surface area contributed by atoms with Crippen LogP contribution in [-0.2, 0) is 14.4 Å². The van der Waals surface area contributed by atoms with E-state index in [1.54, 1.807) is 11.3 Å². The molecule has 0 aliphatic carbocycles. The lowest BCUT2D eigenvalue weighted by molar-refractivity contribution is -0.139. The van der Waals surface area contributed by atoms with Crippen molar-refractivity contribution in [2.24, 2.45) is 4.99 Å². The molecule has 3 aliphatic rings. The maximum Gasteiger partial charge on any atom is 0.257 e. The van der Waals surface area contributed by atoms with Crippen LogP contribution in [0.15, 0.2) is 47.5 Å². The van der Waals surface area contributed by atoms with E-state index in [9.17, 15) is 29.1 Å². The summed E-state index contributed by atoms with van der Waals surface area (Å²) in [5.74, 6) is -0.756. The van der Waals surface area contributed by atoms with E-state index in [0.29, 0.717) is 35.9 Å². The fraction of sp³-hybridized carbons (Fsp3) is 0.385. The summed E-state index contributed by atoms with van der Waals surface area (Å²) in [6.45, 7) is 6.99. The van der Waals surface area contributed by atoms with E-state index in [2.05, 4.69) is 40.0 Å². The van der Waals surface area contributed by atoms with Gasteiger partial charge in [0, 0.05) is 57.2 Å². The van der Waals surface area contributed by atoms with Gasteiger partial charge in [-0.3, -0.25) is 43.7 Å². The Morgan fingerprint density at radius 2 is 1.71 bits per heavy atom. The molecule has 55 heavy (non-hydrogen) atoms.